The number of ether oxygens (including phenoxy) is 4. The van der Waals surface area contributed by atoms with E-state index in [1.807, 2.05) is 0 Å². The summed E-state index contributed by atoms with van der Waals surface area (Å²) in [6, 6.07) is 4.93. The SMILES string of the molecule is COc1cc(C=O)ccc1OCCOCCNC(=O)OC(C)(C)C. The van der Waals surface area contributed by atoms with Crippen LogP contribution in [-0.2, 0) is 9.47 Å². The van der Waals surface area contributed by atoms with Crippen molar-refractivity contribution >= 4 is 12.4 Å². The average molecular weight is 339 g/mol. The number of rotatable bonds is 9. The third-order valence-corrected chi connectivity index (χ3v) is 2.72. The Bertz CT molecular complexity index is 538. The number of carbonyl (C=O) groups is 2. The van der Waals surface area contributed by atoms with Gasteiger partial charge in [-0.15, -0.1) is 0 Å². The van der Waals surface area contributed by atoms with Crippen LogP contribution in [0.3, 0.4) is 0 Å². The van der Waals surface area contributed by atoms with Gasteiger partial charge in [0.2, 0.25) is 0 Å². The third-order valence-electron chi connectivity index (χ3n) is 2.72. The average Bonchev–Trinajstić information content (AvgIpc) is 2.52. The number of hydrogen-bond donors (Lipinski definition) is 1. The van der Waals surface area contributed by atoms with Crippen LogP contribution in [0.2, 0.25) is 0 Å². The van der Waals surface area contributed by atoms with Gasteiger partial charge in [0, 0.05) is 12.1 Å². The lowest BCUT2D eigenvalue weighted by atomic mass is 10.2. The molecular weight excluding hydrogens is 314 g/mol. The highest BCUT2D eigenvalue weighted by molar-refractivity contribution is 5.76. The van der Waals surface area contributed by atoms with Crippen molar-refractivity contribution in [3.63, 3.8) is 0 Å². The summed E-state index contributed by atoms with van der Waals surface area (Å²) in [4.78, 5) is 22.1. The molecule has 0 atom stereocenters. The highest BCUT2D eigenvalue weighted by atomic mass is 16.6. The zero-order valence-corrected chi connectivity index (χ0v) is 14.6. The van der Waals surface area contributed by atoms with E-state index in [4.69, 9.17) is 18.9 Å². The standard InChI is InChI=1S/C17H25NO6/c1-17(2,3)24-16(20)18-7-8-22-9-10-23-14-6-5-13(12-19)11-15(14)21-4/h5-6,11-12H,7-10H2,1-4H3,(H,18,20). The number of amides is 1. The molecule has 0 fully saturated rings. The maximum atomic E-state index is 11.4. The molecular formula is C17H25NO6. The minimum absolute atomic E-state index is 0.323. The molecule has 0 aromatic heterocycles. The monoisotopic (exact) mass is 339 g/mol. The van der Waals surface area contributed by atoms with Crippen LogP contribution in [0.25, 0.3) is 0 Å². The van der Waals surface area contributed by atoms with Crippen LogP contribution in [0.5, 0.6) is 11.5 Å². The summed E-state index contributed by atoms with van der Waals surface area (Å²) < 4.78 is 21.2. The second-order valence-corrected chi connectivity index (χ2v) is 5.92. The zero-order valence-electron chi connectivity index (χ0n) is 14.6. The van der Waals surface area contributed by atoms with Gasteiger partial charge in [0.1, 0.15) is 18.5 Å². The van der Waals surface area contributed by atoms with Gasteiger partial charge < -0.3 is 24.3 Å². The highest BCUT2D eigenvalue weighted by Gasteiger charge is 2.15. The van der Waals surface area contributed by atoms with Crippen molar-refractivity contribution in [3.8, 4) is 11.5 Å². The van der Waals surface area contributed by atoms with Gasteiger partial charge in [0.15, 0.2) is 11.5 Å². The summed E-state index contributed by atoms with van der Waals surface area (Å²) in [5.41, 5.74) is 0.000651. The normalized spacial score (nSPS) is 10.8. The lowest BCUT2D eigenvalue weighted by molar-refractivity contribution is 0.0488. The van der Waals surface area contributed by atoms with Crippen LogP contribution in [0.4, 0.5) is 4.79 Å². The first kappa shape index (κ1) is 19.8. The van der Waals surface area contributed by atoms with E-state index in [1.165, 1.54) is 7.11 Å². The number of benzene rings is 1. The quantitative estimate of drug-likeness (QED) is 0.549. The van der Waals surface area contributed by atoms with E-state index in [0.717, 1.165) is 6.29 Å². The fourth-order valence-electron chi connectivity index (χ4n) is 1.73. The maximum absolute atomic E-state index is 11.4. The lowest BCUT2D eigenvalue weighted by Gasteiger charge is -2.19. The first-order valence-corrected chi connectivity index (χ1v) is 7.66. The van der Waals surface area contributed by atoms with Crippen molar-refractivity contribution in [2.45, 2.75) is 26.4 Å². The zero-order chi connectivity index (χ0) is 18.0. The first-order valence-electron chi connectivity index (χ1n) is 7.66. The second-order valence-electron chi connectivity index (χ2n) is 5.92. The Morgan fingerprint density at radius 2 is 1.92 bits per heavy atom. The summed E-state index contributed by atoms with van der Waals surface area (Å²) in [5, 5.41) is 2.60. The number of hydrogen-bond acceptors (Lipinski definition) is 6. The van der Waals surface area contributed by atoms with Gasteiger partial charge in [0.25, 0.3) is 0 Å². The molecule has 7 heteroatoms. The smallest absolute Gasteiger partial charge is 0.407 e. The van der Waals surface area contributed by atoms with Gasteiger partial charge in [-0.1, -0.05) is 0 Å². The van der Waals surface area contributed by atoms with Gasteiger partial charge >= 0.3 is 6.09 Å². The molecule has 7 nitrogen and oxygen atoms in total. The Labute approximate surface area is 142 Å². The van der Waals surface area contributed by atoms with Crippen LogP contribution in [0.15, 0.2) is 18.2 Å². The summed E-state index contributed by atoms with van der Waals surface area (Å²) in [6.45, 7) is 6.79. The number of alkyl carbamates (subject to hydrolysis) is 1. The first-order chi connectivity index (χ1) is 11.4. The fraction of sp³-hybridized carbons (Fsp3) is 0.529. The molecule has 0 bridgehead atoms. The van der Waals surface area contributed by atoms with Crippen LogP contribution in [0, 0.1) is 0 Å². The molecule has 0 spiro atoms. The predicted octanol–water partition coefficient (Wildman–Crippen LogP) is 2.43. The Morgan fingerprint density at radius 3 is 2.54 bits per heavy atom. The Morgan fingerprint density at radius 1 is 1.17 bits per heavy atom. The minimum atomic E-state index is -0.517. The molecule has 1 rings (SSSR count). The summed E-state index contributed by atoms with van der Waals surface area (Å²) in [5.74, 6) is 1.03. The van der Waals surface area contributed by atoms with Gasteiger partial charge in [-0.3, -0.25) is 4.79 Å². The molecule has 0 saturated carbocycles. The summed E-state index contributed by atoms with van der Waals surface area (Å²) >= 11 is 0. The summed E-state index contributed by atoms with van der Waals surface area (Å²) in [6.07, 6.45) is 0.273. The molecule has 1 aromatic carbocycles. The molecule has 0 aliphatic rings. The molecule has 1 N–H and O–H groups in total. The van der Waals surface area contributed by atoms with Crippen molar-refractivity contribution in [1.82, 2.24) is 5.32 Å². The molecule has 24 heavy (non-hydrogen) atoms. The lowest BCUT2D eigenvalue weighted by Crippen LogP contribution is -2.34. The van der Waals surface area contributed by atoms with Crippen LogP contribution in [0.1, 0.15) is 31.1 Å². The summed E-state index contributed by atoms with van der Waals surface area (Å²) in [7, 11) is 1.51. The topological polar surface area (TPSA) is 83.1 Å². The van der Waals surface area contributed by atoms with Crippen LogP contribution < -0.4 is 14.8 Å². The molecule has 134 valence electrons. The van der Waals surface area contributed by atoms with E-state index in [1.54, 1.807) is 39.0 Å². The fourth-order valence-corrected chi connectivity index (χ4v) is 1.73. The van der Waals surface area contributed by atoms with E-state index in [2.05, 4.69) is 5.32 Å². The molecule has 1 amide bonds. The van der Waals surface area contributed by atoms with Crippen molar-refractivity contribution in [2.75, 3.05) is 33.5 Å². The van der Waals surface area contributed by atoms with Gasteiger partial charge in [0.05, 0.1) is 20.3 Å². The molecule has 1 aromatic rings. The Balaban J connectivity index is 2.19. The van der Waals surface area contributed by atoms with E-state index in [0.29, 0.717) is 43.4 Å². The van der Waals surface area contributed by atoms with Crippen molar-refractivity contribution in [1.29, 1.82) is 0 Å². The maximum Gasteiger partial charge on any atom is 0.407 e. The minimum Gasteiger partial charge on any atom is -0.493 e. The molecule has 0 unspecified atom stereocenters. The van der Waals surface area contributed by atoms with E-state index >= 15 is 0 Å². The number of aldehydes is 1. The Hall–Kier alpha value is -2.28. The molecule has 0 aliphatic carbocycles. The van der Waals surface area contributed by atoms with Crippen molar-refractivity contribution in [3.05, 3.63) is 23.8 Å². The van der Waals surface area contributed by atoms with Gasteiger partial charge in [-0.25, -0.2) is 4.79 Å². The highest BCUT2D eigenvalue weighted by Crippen LogP contribution is 2.27. The third kappa shape index (κ3) is 7.82. The molecule has 0 heterocycles. The van der Waals surface area contributed by atoms with E-state index in [9.17, 15) is 9.59 Å². The number of carbonyl (C=O) groups excluding carboxylic acids is 2. The van der Waals surface area contributed by atoms with E-state index in [-0.39, 0.29) is 0 Å². The molecule has 0 saturated heterocycles. The van der Waals surface area contributed by atoms with E-state index < -0.39 is 11.7 Å². The van der Waals surface area contributed by atoms with Crippen molar-refractivity contribution < 1.29 is 28.5 Å². The number of methoxy groups -OCH3 is 1. The Kier molecular flexibility index (Phi) is 8.05. The van der Waals surface area contributed by atoms with Crippen LogP contribution in [-0.4, -0.2) is 51.5 Å². The van der Waals surface area contributed by atoms with Gasteiger partial charge in [-0.05, 0) is 39.0 Å². The van der Waals surface area contributed by atoms with Crippen molar-refractivity contribution in [2.24, 2.45) is 0 Å². The molecule has 0 radical (unpaired) electrons. The second kappa shape index (κ2) is 9.77. The largest absolute Gasteiger partial charge is 0.493 e. The van der Waals surface area contributed by atoms with Gasteiger partial charge in [-0.2, -0.15) is 0 Å². The van der Waals surface area contributed by atoms with Crippen LogP contribution >= 0.6 is 0 Å². The molecule has 0 aliphatic heterocycles. The predicted molar refractivity (Wildman–Crippen MR) is 88.9 cm³/mol. The number of nitrogens with one attached hydrogen (secondary N) is 1.